The van der Waals surface area contributed by atoms with Gasteiger partial charge in [-0.3, -0.25) is 0 Å². The fraction of sp³-hybridized carbons (Fsp3) is 0.861. The Morgan fingerprint density at radius 1 is 0.395 bits per heavy atom. The molecule has 0 saturated carbocycles. The second-order valence-corrected chi connectivity index (χ2v) is 12.0. The third-order valence-corrected chi connectivity index (χ3v) is 8.30. The standard InChI is InChI=1S/C36H68N.ClH/c1-3-5-7-9-11-13-15-16-17-18-19-21-23-25-27-29-33-37-34-31-36(32-35-37)30-28-26-24-22-20-14-12-10-8-6-4-2;/h31-32,34-35H,3-30,33H2,1-2H3;1H/q+1;/p-1. The molecule has 0 aliphatic rings. The number of nitrogens with zero attached hydrogens (tertiary/aromatic N) is 1. The molecule has 1 aromatic heterocycles. The molecule has 224 valence electrons. The molecule has 1 aromatic rings. The molecular weight excluding hydrogens is 482 g/mol. The average molecular weight is 550 g/mol. The number of hydrogen-bond donors (Lipinski definition) is 0. The van der Waals surface area contributed by atoms with E-state index in [1.807, 2.05) is 0 Å². The van der Waals surface area contributed by atoms with Crippen molar-refractivity contribution in [2.75, 3.05) is 0 Å². The Morgan fingerprint density at radius 2 is 0.684 bits per heavy atom. The van der Waals surface area contributed by atoms with Crippen LogP contribution in [0, 0.1) is 0 Å². The lowest BCUT2D eigenvalue weighted by Gasteiger charge is -2.04. The van der Waals surface area contributed by atoms with Gasteiger partial charge in [0.15, 0.2) is 12.4 Å². The van der Waals surface area contributed by atoms with E-state index < -0.39 is 0 Å². The lowest BCUT2D eigenvalue weighted by atomic mass is 10.0. The Bertz CT molecular complexity index is 555. The molecule has 38 heavy (non-hydrogen) atoms. The maximum Gasteiger partial charge on any atom is 0.169 e. The summed E-state index contributed by atoms with van der Waals surface area (Å²) in [7, 11) is 0. The van der Waals surface area contributed by atoms with Gasteiger partial charge in [-0.1, -0.05) is 168 Å². The van der Waals surface area contributed by atoms with Crippen molar-refractivity contribution in [1.29, 1.82) is 0 Å². The quantitative estimate of drug-likeness (QED) is 0.0692. The van der Waals surface area contributed by atoms with Crippen molar-refractivity contribution in [3.8, 4) is 0 Å². The Labute approximate surface area is 246 Å². The van der Waals surface area contributed by atoms with E-state index in [2.05, 4.69) is 42.9 Å². The fourth-order valence-electron chi connectivity index (χ4n) is 5.64. The van der Waals surface area contributed by atoms with E-state index in [-0.39, 0.29) is 12.4 Å². The summed E-state index contributed by atoms with van der Waals surface area (Å²) in [6.07, 6.45) is 44.7. The highest BCUT2D eigenvalue weighted by Crippen LogP contribution is 2.14. The number of unbranched alkanes of at least 4 members (excludes halogenated alkanes) is 25. The predicted molar refractivity (Wildman–Crippen MR) is 166 cm³/mol. The van der Waals surface area contributed by atoms with Gasteiger partial charge in [-0.15, -0.1) is 0 Å². The molecule has 0 fully saturated rings. The number of hydrogen-bond acceptors (Lipinski definition) is 0. The molecular formula is C36H68ClN. The van der Waals surface area contributed by atoms with Crippen LogP contribution in [0.15, 0.2) is 24.5 Å². The van der Waals surface area contributed by atoms with Crippen molar-refractivity contribution < 1.29 is 17.0 Å². The zero-order valence-corrected chi connectivity index (χ0v) is 26.9. The van der Waals surface area contributed by atoms with Crippen LogP contribution in [0.4, 0.5) is 0 Å². The zero-order valence-electron chi connectivity index (χ0n) is 26.1. The third kappa shape index (κ3) is 25.7. The van der Waals surface area contributed by atoms with E-state index in [1.54, 1.807) is 0 Å². The summed E-state index contributed by atoms with van der Waals surface area (Å²) in [5, 5.41) is 0. The van der Waals surface area contributed by atoms with Crippen LogP contribution in [0.3, 0.4) is 0 Å². The first-order valence-electron chi connectivity index (χ1n) is 17.3. The zero-order chi connectivity index (χ0) is 26.5. The minimum Gasteiger partial charge on any atom is -1.00 e. The third-order valence-electron chi connectivity index (χ3n) is 8.30. The van der Waals surface area contributed by atoms with Crippen LogP contribution in [0.25, 0.3) is 0 Å². The molecule has 1 heterocycles. The molecule has 0 amide bonds. The molecule has 0 atom stereocenters. The molecule has 0 spiro atoms. The van der Waals surface area contributed by atoms with Crippen molar-refractivity contribution in [3.63, 3.8) is 0 Å². The van der Waals surface area contributed by atoms with Crippen molar-refractivity contribution in [1.82, 2.24) is 0 Å². The van der Waals surface area contributed by atoms with Crippen LogP contribution in [0.2, 0.25) is 0 Å². The van der Waals surface area contributed by atoms with E-state index >= 15 is 0 Å². The first kappa shape index (κ1) is 37.4. The van der Waals surface area contributed by atoms with E-state index in [9.17, 15) is 0 Å². The summed E-state index contributed by atoms with van der Waals surface area (Å²) >= 11 is 0. The van der Waals surface area contributed by atoms with Crippen LogP contribution in [0.5, 0.6) is 0 Å². The Balaban J connectivity index is 0.0000137. The molecule has 0 N–H and O–H groups in total. The monoisotopic (exact) mass is 550 g/mol. The number of rotatable bonds is 29. The summed E-state index contributed by atoms with van der Waals surface area (Å²) in [6, 6.07) is 4.73. The van der Waals surface area contributed by atoms with E-state index in [1.165, 1.54) is 192 Å². The average Bonchev–Trinajstić information content (AvgIpc) is 2.92. The smallest absolute Gasteiger partial charge is 0.169 e. The van der Waals surface area contributed by atoms with E-state index in [0.717, 1.165) is 0 Å². The second-order valence-electron chi connectivity index (χ2n) is 12.0. The number of aromatic nitrogens is 1. The van der Waals surface area contributed by atoms with Gasteiger partial charge in [-0.25, -0.2) is 4.57 Å². The van der Waals surface area contributed by atoms with Gasteiger partial charge in [0.05, 0.1) is 0 Å². The first-order chi connectivity index (χ1) is 18.4. The van der Waals surface area contributed by atoms with Gasteiger partial charge >= 0.3 is 0 Å². The largest absolute Gasteiger partial charge is 1.00 e. The van der Waals surface area contributed by atoms with Crippen LogP contribution >= 0.6 is 0 Å². The van der Waals surface area contributed by atoms with Gasteiger partial charge in [0.2, 0.25) is 0 Å². The molecule has 0 aromatic carbocycles. The highest BCUT2D eigenvalue weighted by molar-refractivity contribution is 5.07. The Hall–Kier alpha value is -0.560. The Kier molecular flexibility index (Phi) is 30.5. The van der Waals surface area contributed by atoms with Gasteiger partial charge in [0, 0.05) is 18.6 Å². The normalized spacial score (nSPS) is 11.1. The fourth-order valence-corrected chi connectivity index (χ4v) is 5.64. The lowest BCUT2D eigenvalue weighted by molar-refractivity contribution is -0.697. The number of pyridine rings is 1. The second kappa shape index (κ2) is 31.0. The maximum atomic E-state index is 2.40. The van der Waals surface area contributed by atoms with Gasteiger partial charge in [-0.2, -0.15) is 0 Å². The highest BCUT2D eigenvalue weighted by Gasteiger charge is 2.02. The SMILES string of the molecule is CCCCCCCCCCCCCCCCCC[n+]1ccc(CCCCCCCCCCCCC)cc1.[Cl-]. The molecule has 2 heteroatoms. The van der Waals surface area contributed by atoms with Crippen molar-refractivity contribution >= 4 is 0 Å². The maximum absolute atomic E-state index is 2.40. The number of halogens is 1. The molecule has 0 bridgehead atoms. The summed E-state index contributed by atoms with van der Waals surface area (Å²) in [6.45, 7) is 5.80. The van der Waals surface area contributed by atoms with Gasteiger partial charge in [0.25, 0.3) is 0 Å². The van der Waals surface area contributed by atoms with Gasteiger partial charge < -0.3 is 12.4 Å². The summed E-state index contributed by atoms with van der Waals surface area (Å²) in [5.74, 6) is 0. The van der Waals surface area contributed by atoms with Crippen LogP contribution in [-0.2, 0) is 13.0 Å². The lowest BCUT2D eigenvalue weighted by Crippen LogP contribution is -3.00. The van der Waals surface area contributed by atoms with E-state index in [0.29, 0.717) is 0 Å². The Morgan fingerprint density at radius 3 is 1.03 bits per heavy atom. The van der Waals surface area contributed by atoms with Crippen LogP contribution < -0.4 is 17.0 Å². The van der Waals surface area contributed by atoms with Crippen LogP contribution in [-0.4, -0.2) is 0 Å². The highest BCUT2D eigenvalue weighted by atomic mass is 35.5. The van der Waals surface area contributed by atoms with Crippen LogP contribution in [0.1, 0.15) is 193 Å². The number of aryl methyl sites for hydroxylation is 2. The summed E-state index contributed by atoms with van der Waals surface area (Å²) in [4.78, 5) is 0. The minimum absolute atomic E-state index is 0. The predicted octanol–water partition coefficient (Wildman–Crippen LogP) is 9.09. The van der Waals surface area contributed by atoms with Gasteiger partial charge in [-0.05, 0) is 24.8 Å². The molecule has 0 aliphatic heterocycles. The molecule has 0 saturated heterocycles. The minimum atomic E-state index is 0. The summed E-state index contributed by atoms with van der Waals surface area (Å²) in [5.41, 5.74) is 1.53. The van der Waals surface area contributed by atoms with Crippen molar-refractivity contribution in [3.05, 3.63) is 30.1 Å². The molecule has 0 aliphatic carbocycles. The molecule has 0 unspecified atom stereocenters. The van der Waals surface area contributed by atoms with Crippen molar-refractivity contribution in [2.24, 2.45) is 0 Å². The molecule has 0 radical (unpaired) electrons. The van der Waals surface area contributed by atoms with Gasteiger partial charge in [0.1, 0.15) is 6.54 Å². The summed E-state index contributed by atoms with van der Waals surface area (Å²) < 4.78 is 2.40. The first-order valence-corrected chi connectivity index (χ1v) is 17.3. The molecule has 1 rings (SSSR count). The molecule has 1 nitrogen and oxygen atoms in total. The van der Waals surface area contributed by atoms with E-state index in [4.69, 9.17) is 0 Å². The topological polar surface area (TPSA) is 3.88 Å². The van der Waals surface area contributed by atoms with Crippen molar-refractivity contribution in [2.45, 2.75) is 200 Å².